The highest BCUT2D eigenvalue weighted by Crippen LogP contribution is 2.14. The van der Waals surface area contributed by atoms with Gasteiger partial charge < -0.3 is 20.2 Å². The molecule has 0 unspecified atom stereocenters. The van der Waals surface area contributed by atoms with Gasteiger partial charge in [-0.25, -0.2) is 0 Å². The van der Waals surface area contributed by atoms with Crippen LogP contribution in [0.3, 0.4) is 0 Å². The average molecular weight is 296 g/mol. The van der Waals surface area contributed by atoms with E-state index in [1.807, 2.05) is 0 Å². The first kappa shape index (κ1) is 14.2. The summed E-state index contributed by atoms with van der Waals surface area (Å²) in [5.74, 6) is -1.89. The molecular weight excluding hydrogens is 288 g/mol. The molecule has 0 amide bonds. The molecule has 2 heterocycles. The summed E-state index contributed by atoms with van der Waals surface area (Å²) in [7, 11) is 0. The zero-order valence-electron chi connectivity index (χ0n) is 10.8. The number of aryl methyl sites for hydroxylation is 1. The van der Waals surface area contributed by atoms with Gasteiger partial charge in [0, 0.05) is 17.1 Å². The van der Waals surface area contributed by atoms with Crippen molar-refractivity contribution in [3.05, 3.63) is 26.1 Å². The fraction of sp³-hybridized carbons (Fsp3) is 0.375. The van der Waals surface area contributed by atoms with E-state index in [1.165, 1.54) is 13.8 Å². The number of ketones is 1. The molecule has 2 aromatic heterocycles. The van der Waals surface area contributed by atoms with Crippen molar-refractivity contribution in [3.63, 3.8) is 0 Å². The second kappa shape index (κ2) is 5.03. The van der Waals surface area contributed by atoms with Crippen LogP contribution in [0.2, 0.25) is 0 Å². The molecule has 13 nitrogen and oxygen atoms in total. The van der Waals surface area contributed by atoms with Crippen LogP contribution >= 0.6 is 0 Å². The molecule has 0 bridgehead atoms. The quantitative estimate of drug-likeness (QED) is 0.525. The number of nitrogens with zero attached hydrogens (tertiary/aromatic N) is 8. The first-order valence-electron chi connectivity index (χ1n) is 5.46. The van der Waals surface area contributed by atoms with E-state index >= 15 is 0 Å². The first-order chi connectivity index (χ1) is 9.79. The smallest absolute Gasteiger partial charge is 0.390 e. The third-order valence-corrected chi connectivity index (χ3v) is 2.29. The summed E-state index contributed by atoms with van der Waals surface area (Å²) >= 11 is 0. The Bertz CT molecular complexity index is 746. The van der Waals surface area contributed by atoms with Crippen molar-refractivity contribution in [1.29, 1.82) is 0 Å². The minimum Gasteiger partial charge on any atom is -0.390 e. The van der Waals surface area contributed by atoms with E-state index in [9.17, 15) is 25.0 Å². The number of rotatable bonds is 5. The van der Waals surface area contributed by atoms with E-state index in [2.05, 4.69) is 20.2 Å². The van der Waals surface area contributed by atoms with Crippen molar-refractivity contribution in [1.82, 2.24) is 29.5 Å². The summed E-state index contributed by atoms with van der Waals surface area (Å²) in [6.07, 6.45) is 0. The fourth-order valence-corrected chi connectivity index (χ4v) is 1.52. The predicted octanol–water partition coefficient (Wildman–Crippen LogP) is -0.427. The standard InChI is InChI=1S/C8H8N8O5/c1-4(17)3-13-8(10-7(11-13)16(20)21)14-5(2)9-6(12-14)15(18)19/h3H2,1-2H3. The number of hydrogen-bond acceptors (Lipinski definition) is 9. The van der Waals surface area contributed by atoms with Crippen LogP contribution in [0.4, 0.5) is 11.9 Å². The molecule has 0 atom stereocenters. The van der Waals surface area contributed by atoms with Gasteiger partial charge in [0.05, 0.1) is 0 Å². The molecule has 13 heteroatoms. The Morgan fingerprint density at radius 3 is 2.19 bits per heavy atom. The lowest BCUT2D eigenvalue weighted by Crippen LogP contribution is -2.15. The topological polar surface area (TPSA) is 165 Å². The van der Waals surface area contributed by atoms with Gasteiger partial charge in [0.1, 0.15) is 6.54 Å². The third-order valence-electron chi connectivity index (χ3n) is 2.29. The lowest BCUT2D eigenvalue weighted by molar-refractivity contribution is -0.394. The second-order valence-corrected chi connectivity index (χ2v) is 3.96. The molecule has 0 aliphatic rings. The lowest BCUT2D eigenvalue weighted by Gasteiger charge is -1.95. The highest BCUT2D eigenvalue weighted by molar-refractivity contribution is 5.75. The number of carbonyl (C=O) groups is 1. The third kappa shape index (κ3) is 2.70. The van der Waals surface area contributed by atoms with E-state index in [-0.39, 0.29) is 24.1 Å². The van der Waals surface area contributed by atoms with Crippen LogP contribution in [0.25, 0.3) is 5.95 Å². The summed E-state index contributed by atoms with van der Waals surface area (Å²) in [6, 6.07) is 0. The van der Waals surface area contributed by atoms with Gasteiger partial charge >= 0.3 is 17.8 Å². The Labute approximate surface area is 115 Å². The van der Waals surface area contributed by atoms with Crippen LogP contribution in [0.1, 0.15) is 12.7 Å². The molecule has 0 radical (unpaired) electrons. The van der Waals surface area contributed by atoms with Crippen LogP contribution in [-0.2, 0) is 11.3 Å². The number of nitro groups is 2. The summed E-state index contributed by atoms with van der Waals surface area (Å²) in [5, 5.41) is 28.5. The van der Waals surface area contributed by atoms with Gasteiger partial charge in [0.15, 0.2) is 5.78 Å². The largest absolute Gasteiger partial charge is 0.493 e. The Kier molecular flexibility index (Phi) is 3.39. The molecule has 21 heavy (non-hydrogen) atoms. The Morgan fingerprint density at radius 1 is 1.14 bits per heavy atom. The molecule has 0 fully saturated rings. The molecular formula is C8H8N8O5. The maximum Gasteiger partial charge on any atom is 0.493 e. The molecule has 0 N–H and O–H groups in total. The number of aromatic nitrogens is 6. The van der Waals surface area contributed by atoms with Crippen molar-refractivity contribution >= 4 is 17.7 Å². The van der Waals surface area contributed by atoms with Crippen LogP contribution in [0.5, 0.6) is 0 Å². The predicted molar refractivity (Wildman–Crippen MR) is 63.7 cm³/mol. The lowest BCUT2D eigenvalue weighted by atomic mass is 10.4. The number of carbonyl (C=O) groups excluding carboxylic acids is 1. The van der Waals surface area contributed by atoms with Crippen LogP contribution in [0, 0.1) is 27.2 Å². The monoisotopic (exact) mass is 296 g/mol. The second-order valence-electron chi connectivity index (χ2n) is 3.96. The highest BCUT2D eigenvalue weighted by Gasteiger charge is 2.30. The van der Waals surface area contributed by atoms with Gasteiger partial charge in [-0.1, -0.05) is 4.68 Å². The van der Waals surface area contributed by atoms with Gasteiger partial charge in [-0.05, 0) is 26.7 Å². The molecule has 0 aliphatic carbocycles. The minimum absolute atomic E-state index is 0.0776. The zero-order chi connectivity index (χ0) is 15.7. The van der Waals surface area contributed by atoms with E-state index in [4.69, 9.17) is 0 Å². The van der Waals surface area contributed by atoms with Crippen molar-refractivity contribution in [2.24, 2.45) is 0 Å². The molecule has 0 spiro atoms. The van der Waals surface area contributed by atoms with Crippen LogP contribution in [-0.4, -0.2) is 45.2 Å². The summed E-state index contributed by atoms with van der Waals surface area (Å²) in [4.78, 5) is 38.0. The van der Waals surface area contributed by atoms with E-state index in [1.54, 1.807) is 0 Å². The molecule has 110 valence electrons. The van der Waals surface area contributed by atoms with Gasteiger partial charge in [0.25, 0.3) is 0 Å². The van der Waals surface area contributed by atoms with E-state index in [0.717, 1.165) is 9.36 Å². The zero-order valence-corrected chi connectivity index (χ0v) is 10.8. The van der Waals surface area contributed by atoms with Crippen LogP contribution in [0.15, 0.2) is 0 Å². The maximum absolute atomic E-state index is 11.2. The fourth-order valence-electron chi connectivity index (χ4n) is 1.52. The molecule has 0 aromatic carbocycles. The number of Topliss-reactive ketones (excluding diaryl/α,β-unsaturated/α-hetero) is 1. The van der Waals surface area contributed by atoms with Crippen molar-refractivity contribution < 1.29 is 14.6 Å². The van der Waals surface area contributed by atoms with Crippen LogP contribution < -0.4 is 0 Å². The van der Waals surface area contributed by atoms with E-state index < -0.39 is 21.7 Å². The normalized spacial score (nSPS) is 10.6. The minimum atomic E-state index is -0.846. The molecule has 2 aromatic rings. The Morgan fingerprint density at radius 2 is 1.71 bits per heavy atom. The van der Waals surface area contributed by atoms with E-state index in [0.29, 0.717) is 0 Å². The van der Waals surface area contributed by atoms with Crippen molar-refractivity contribution in [2.75, 3.05) is 0 Å². The molecule has 2 rings (SSSR count). The van der Waals surface area contributed by atoms with Crippen molar-refractivity contribution in [2.45, 2.75) is 20.4 Å². The molecule has 0 aliphatic heterocycles. The molecule has 0 saturated carbocycles. The summed E-state index contributed by atoms with van der Waals surface area (Å²) in [6.45, 7) is 2.37. The van der Waals surface area contributed by atoms with Gasteiger partial charge in [-0.15, -0.1) is 4.68 Å². The SMILES string of the molecule is CC(=O)Cn1nc([N+](=O)[O-])nc1-n1nc([N+](=O)[O-])nc1C. The summed E-state index contributed by atoms with van der Waals surface area (Å²) in [5.41, 5.74) is 0. The van der Waals surface area contributed by atoms with Crippen molar-refractivity contribution in [3.8, 4) is 5.95 Å². The molecule has 0 saturated heterocycles. The van der Waals surface area contributed by atoms with Gasteiger partial charge in [-0.2, -0.15) is 0 Å². The average Bonchev–Trinajstić information content (AvgIpc) is 2.92. The first-order valence-corrected chi connectivity index (χ1v) is 5.46. The highest BCUT2D eigenvalue weighted by atomic mass is 16.6. The Balaban J connectivity index is 2.58. The number of hydrogen-bond donors (Lipinski definition) is 0. The maximum atomic E-state index is 11.2. The van der Waals surface area contributed by atoms with Gasteiger partial charge in [0.2, 0.25) is 5.82 Å². The summed E-state index contributed by atoms with van der Waals surface area (Å²) < 4.78 is 1.85. The van der Waals surface area contributed by atoms with Gasteiger partial charge in [-0.3, -0.25) is 4.79 Å². The Hall–Kier alpha value is -3.25.